The van der Waals surface area contributed by atoms with Crippen molar-refractivity contribution in [2.75, 3.05) is 51.8 Å². The number of nitrogens with zero attached hydrogens (tertiary/aromatic N) is 2. The highest BCUT2D eigenvalue weighted by molar-refractivity contribution is 5.95. The van der Waals surface area contributed by atoms with Crippen molar-refractivity contribution in [2.45, 2.75) is 13.0 Å². The fraction of sp³-hybridized carbons (Fsp3) is 0.360. The Morgan fingerprint density at radius 1 is 1.06 bits per heavy atom. The largest absolute Gasteiger partial charge is 0.497 e. The summed E-state index contributed by atoms with van der Waals surface area (Å²) < 4.78 is 10.3. The number of anilines is 1. The molecule has 2 aliphatic heterocycles. The average Bonchev–Trinajstić information content (AvgIpc) is 2.84. The van der Waals surface area contributed by atoms with Crippen LogP contribution in [0, 0.1) is 6.92 Å². The zero-order chi connectivity index (χ0) is 23.4. The predicted molar refractivity (Wildman–Crippen MR) is 126 cm³/mol. The van der Waals surface area contributed by atoms with Gasteiger partial charge >= 0.3 is 12.0 Å². The maximum atomic E-state index is 12.8. The Labute approximate surface area is 194 Å². The molecule has 2 N–H and O–H groups in total. The number of hydrogen-bond donors (Lipinski definition) is 2. The molecule has 1 saturated heterocycles. The normalized spacial score (nSPS) is 19.1. The molecule has 1 fully saturated rings. The van der Waals surface area contributed by atoms with Gasteiger partial charge in [-0.25, -0.2) is 9.59 Å². The smallest absolute Gasteiger partial charge is 0.338 e. The highest BCUT2D eigenvalue weighted by Gasteiger charge is 2.34. The molecule has 2 heterocycles. The van der Waals surface area contributed by atoms with Crippen LogP contribution in [-0.2, 0) is 9.53 Å². The maximum absolute atomic E-state index is 12.8. The molecule has 0 saturated carbocycles. The van der Waals surface area contributed by atoms with E-state index in [1.807, 2.05) is 24.3 Å². The number of hydrogen-bond acceptors (Lipinski definition) is 6. The summed E-state index contributed by atoms with van der Waals surface area (Å²) in [5.41, 5.74) is 4.25. The van der Waals surface area contributed by atoms with Crippen molar-refractivity contribution in [1.82, 2.24) is 15.5 Å². The Morgan fingerprint density at radius 2 is 1.79 bits per heavy atom. The summed E-state index contributed by atoms with van der Waals surface area (Å²) in [6.07, 6.45) is 0. The molecule has 2 aliphatic rings. The van der Waals surface area contributed by atoms with Crippen LogP contribution in [-0.4, -0.2) is 63.8 Å². The first-order chi connectivity index (χ1) is 16.0. The molecule has 0 bridgehead atoms. The Kier molecular flexibility index (Phi) is 6.84. The lowest BCUT2D eigenvalue weighted by Crippen LogP contribution is -2.51. The number of nitrogens with one attached hydrogen (secondary N) is 2. The first kappa shape index (κ1) is 22.7. The standard InChI is InChI=1S/C25H30N4O4/c1-17-5-4-6-19(15-17)29-13-11-28(12-14-29)16-21-22(24(30)33-3)23(27-25(31)26-21)18-7-9-20(32-2)10-8-18/h4-10,15,23H,11-14,16H2,1-3H3,(H2,26,27,31). The molecule has 0 aromatic heterocycles. The van der Waals surface area contributed by atoms with E-state index in [4.69, 9.17) is 9.47 Å². The van der Waals surface area contributed by atoms with Crippen LogP contribution in [0.5, 0.6) is 5.75 Å². The molecule has 4 rings (SSSR count). The minimum Gasteiger partial charge on any atom is -0.497 e. The second-order valence-corrected chi connectivity index (χ2v) is 8.29. The van der Waals surface area contributed by atoms with Crippen LogP contribution in [0.2, 0.25) is 0 Å². The molecule has 2 aromatic rings. The van der Waals surface area contributed by atoms with E-state index in [2.05, 4.69) is 51.6 Å². The van der Waals surface area contributed by atoms with E-state index in [1.54, 1.807) is 7.11 Å². The van der Waals surface area contributed by atoms with Crippen molar-refractivity contribution in [1.29, 1.82) is 0 Å². The van der Waals surface area contributed by atoms with Crippen molar-refractivity contribution in [3.05, 3.63) is 70.9 Å². The van der Waals surface area contributed by atoms with Crippen LogP contribution >= 0.6 is 0 Å². The lowest BCUT2D eigenvalue weighted by atomic mass is 9.95. The molecule has 2 aromatic carbocycles. The third-order valence-corrected chi connectivity index (χ3v) is 6.13. The topological polar surface area (TPSA) is 83.1 Å². The zero-order valence-corrected chi connectivity index (χ0v) is 19.3. The quantitative estimate of drug-likeness (QED) is 0.659. The highest BCUT2D eigenvalue weighted by Crippen LogP contribution is 2.29. The number of esters is 1. The van der Waals surface area contributed by atoms with E-state index in [0.29, 0.717) is 23.6 Å². The van der Waals surface area contributed by atoms with Gasteiger partial charge in [-0.05, 0) is 42.3 Å². The Hall–Kier alpha value is -3.52. The molecular formula is C25H30N4O4. The number of rotatable bonds is 6. The summed E-state index contributed by atoms with van der Waals surface area (Å²) in [6, 6.07) is 14.9. The number of benzene rings is 2. The molecule has 8 heteroatoms. The maximum Gasteiger partial charge on any atom is 0.338 e. The van der Waals surface area contributed by atoms with Crippen LogP contribution in [0.25, 0.3) is 0 Å². The number of carbonyl (C=O) groups excluding carboxylic acids is 2. The number of piperazine rings is 1. The third kappa shape index (κ3) is 5.12. The van der Waals surface area contributed by atoms with E-state index in [0.717, 1.165) is 31.7 Å². The zero-order valence-electron chi connectivity index (χ0n) is 19.3. The van der Waals surface area contributed by atoms with E-state index < -0.39 is 12.0 Å². The Bertz CT molecular complexity index is 1040. The Morgan fingerprint density at radius 3 is 2.42 bits per heavy atom. The van der Waals surface area contributed by atoms with Gasteiger partial charge < -0.3 is 25.0 Å². The monoisotopic (exact) mass is 450 g/mol. The predicted octanol–water partition coefficient (Wildman–Crippen LogP) is 2.61. The summed E-state index contributed by atoms with van der Waals surface area (Å²) >= 11 is 0. The SMILES string of the molecule is COC(=O)C1=C(CN2CCN(c3cccc(C)c3)CC2)NC(=O)NC1c1ccc(OC)cc1. The number of methoxy groups -OCH3 is 2. The molecule has 0 aliphatic carbocycles. The van der Waals surface area contributed by atoms with Gasteiger partial charge in [0.2, 0.25) is 0 Å². The van der Waals surface area contributed by atoms with Crippen LogP contribution in [0.4, 0.5) is 10.5 Å². The van der Waals surface area contributed by atoms with Crippen molar-refractivity contribution < 1.29 is 19.1 Å². The van der Waals surface area contributed by atoms with E-state index in [9.17, 15) is 9.59 Å². The molecule has 174 valence electrons. The van der Waals surface area contributed by atoms with Gasteiger partial charge in [0, 0.05) is 44.1 Å². The summed E-state index contributed by atoms with van der Waals surface area (Å²) in [5, 5.41) is 5.71. The first-order valence-corrected chi connectivity index (χ1v) is 11.1. The van der Waals surface area contributed by atoms with Crippen molar-refractivity contribution in [3.8, 4) is 5.75 Å². The van der Waals surface area contributed by atoms with Gasteiger partial charge in [0.15, 0.2) is 0 Å². The van der Waals surface area contributed by atoms with Gasteiger partial charge in [0.05, 0.1) is 25.8 Å². The van der Waals surface area contributed by atoms with Crippen molar-refractivity contribution in [2.24, 2.45) is 0 Å². The van der Waals surface area contributed by atoms with Crippen LogP contribution in [0.3, 0.4) is 0 Å². The number of urea groups is 1. The minimum absolute atomic E-state index is 0.336. The lowest BCUT2D eigenvalue weighted by Gasteiger charge is -2.38. The van der Waals surface area contributed by atoms with Gasteiger partial charge in [-0.2, -0.15) is 0 Å². The summed E-state index contributed by atoms with van der Waals surface area (Å²) in [4.78, 5) is 29.9. The number of amides is 2. The average molecular weight is 451 g/mol. The van der Waals surface area contributed by atoms with Gasteiger partial charge in [-0.3, -0.25) is 4.90 Å². The molecule has 0 radical (unpaired) electrons. The molecular weight excluding hydrogens is 420 g/mol. The molecule has 2 amide bonds. The second kappa shape index (κ2) is 9.95. The number of carbonyl (C=O) groups is 2. The molecule has 1 unspecified atom stereocenters. The fourth-order valence-corrected chi connectivity index (χ4v) is 4.35. The van der Waals surface area contributed by atoms with E-state index >= 15 is 0 Å². The second-order valence-electron chi connectivity index (χ2n) is 8.29. The van der Waals surface area contributed by atoms with Gasteiger partial charge in [0.25, 0.3) is 0 Å². The van der Waals surface area contributed by atoms with Crippen LogP contribution in [0.15, 0.2) is 59.8 Å². The molecule has 8 nitrogen and oxygen atoms in total. The van der Waals surface area contributed by atoms with E-state index in [-0.39, 0.29) is 6.03 Å². The lowest BCUT2D eigenvalue weighted by molar-refractivity contribution is -0.136. The summed E-state index contributed by atoms with van der Waals surface area (Å²) in [5.74, 6) is 0.242. The summed E-state index contributed by atoms with van der Waals surface area (Å²) in [7, 11) is 2.95. The van der Waals surface area contributed by atoms with Gasteiger partial charge in [-0.1, -0.05) is 24.3 Å². The van der Waals surface area contributed by atoms with E-state index in [1.165, 1.54) is 18.4 Å². The van der Waals surface area contributed by atoms with Gasteiger partial charge in [0.1, 0.15) is 5.75 Å². The first-order valence-electron chi connectivity index (χ1n) is 11.1. The third-order valence-electron chi connectivity index (χ3n) is 6.13. The Balaban J connectivity index is 1.54. The minimum atomic E-state index is -0.597. The highest BCUT2D eigenvalue weighted by atomic mass is 16.5. The molecule has 33 heavy (non-hydrogen) atoms. The number of aryl methyl sites for hydroxylation is 1. The van der Waals surface area contributed by atoms with Crippen molar-refractivity contribution in [3.63, 3.8) is 0 Å². The van der Waals surface area contributed by atoms with Crippen LogP contribution in [0.1, 0.15) is 17.2 Å². The molecule has 0 spiro atoms. The van der Waals surface area contributed by atoms with Crippen molar-refractivity contribution >= 4 is 17.7 Å². The van der Waals surface area contributed by atoms with Gasteiger partial charge in [-0.15, -0.1) is 0 Å². The molecule has 1 atom stereocenters. The summed E-state index contributed by atoms with van der Waals surface area (Å²) in [6.45, 7) is 5.95. The number of ether oxygens (including phenoxy) is 2. The van der Waals surface area contributed by atoms with Crippen LogP contribution < -0.4 is 20.3 Å². The fourth-order valence-electron chi connectivity index (χ4n) is 4.35.